The van der Waals surface area contributed by atoms with Crippen molar-refractivity contribution >= 4 is 28.4 Å². The van der Waals surface area contributed by atoms with Crippen LogP contribution in [-0.4, -0.2) is 39.9 Å². The molecule has 1 atom stereocenters. The lowest BCUT2D eigenvalue weighted by molar-refractivity contribution is -0.125. The lowest BCUT2D eigenvalue weighted by Crippen LogP contribution is -2.52. The predicted octanol–water partition coefficient (Wildman–Crippen LogP) is 0.897. The van der Waals surface area contributed by atoms with Crippen LogP contribution in [0.15, 0.2) is 23.0 Å². The van der Waals surface area contributed by atoms with Crippen molar-refractivity contribution in [3.63, 3.8) is 0 Å². The number of aromatic nitrogens is 2. The first kappa shape index (κ1) is 14.0. The molecule has 2 aromatic rings. The van der Waals surface area contributed by atoms with Gasteiger partial charge in [-0.05, 0) is 25.1 Å². The minimum absolute atomic E-state index is 0.0105. The average Bonchev–Trinajstić information content (AvgIpc) is 2.38. The van der Waals surface area contributed by atoms with Crippen LogP contribution in [0.2, 0.25) is 5.02 Å². The molecule has 1 saturated heterocycles. The van der Waals surface area contributed by atoms with Gasteiger partial charge in [-0.2, -0.15) is 0 Å². The molecular formula is C14H15ClN4O2. The second kappa shape index (κ2) is 5.46. The summed E-state index contributed by atoms with van der Waals surface area (Å²) in [6.07, 6.45) is 0. The maximum atomic E-state index is 12.1. The van der Waals surface area contributed by atoms with Gasteiger partial charge in [0.05, 0.1) is 24.0 Å². The number of piperazine rings is 1. The fraction of sp³-hybridized carbons (Fsp3) is 0.357. The molecule has 1 aromatic carbocycles. The number of aromatic amines is 1. The lowest BCUT2D eigenvalue weighted by atomic mass is 10.2. The number of halogens is 1. The third kappa shape index (κ3) is 3.06. The van der Waals surface area contributed by atoms with Crippen molar-refractivity contribution in [3.8, 4) is 0 Å². The quantitative estimate of drug-likeness (QED) is 0.864. The number of nitrogens with zero attached hydrogens (tertiary/aromatic N) is 2. The second-order valence-corrected chi connectivity index (χ2v) is 5.75. The zero-order chi connectivity index (χ0) is 15.0. The molecule has 1 aromatic heterocycles. The first-order chi connectivity index (χ1) is 10.0. The van der Waals surface area contributed by atoms with E-state index in [4.69, 9.17) is 11.6 Å². The molecule has 110 valence electrons. The van der Waals surface area contributed by atoms with E-state index in [2.05, 4.69) is 15.3 Å². The number of fused-ring (bicyclic) bond motifs is 1. The van der Waals surface area contributed by atoms with E-state index in [1.807, 2.05) is 11.8 Å². The van der Waals surface area contributed by atoms with Crippen molar-refractivity contribution in [3.05, 3.63) is 39.4 Å². The van der Waals surface area contributed by atoms with E-state index in [0.29, 0.717) is 34.8 Å². The summed E-state index contributed by atoms with van der Waals surface area (Å²) in [6, 6.07) is 5.12. The van der Waals surface area contributed by atoms with Crippen molar-refractivity contribution in [2.75, 3.05) is 13.1 Å². The van der Waals surface area contributed by atoms with Crippen LogP contribution in [0.5, 0.6) is 0 Å². The van der Waals surface area contributed by atoms with Gasteiger partial charge < -0.3 is 10.3 Å². The van der Waals surface area contributed by atoms with E-state index < -0.39 is 0 Å². The SMILES string of the molecule is CC1CN(Cc2nc3ccc(Cl)cc3c(=O)[nH]2)CC(=O)N1. The molecule has 6 nitrogen and oxygen atoms in total. The van der Waals surface area contributed by atoms with Crippen LogP contribution < -0.4 is 10.9 Å². The molecule has 0 spiro atoms. The minimum Gasteiger partial charge on any atom is -0.351 e. The Hall–Kier alpha value is -1.92. The van der Waals surface area contributed by atoms with Gasteiger partial charge in [-0.1, -0.05) is 11.6 Å². The standard InChI is InChI=1S/C14H15ClN4O2/c1-8-5-19(7-13(20)16-8)6-12-17-11-3-2-9(15)4-10(11)14(21)18-12/h2-4,8H,5-7H2,1H3,(H,16,20)(H,17,18,21). The Kier molecular flexibility index (Phi) is 3.65. The minimum atomic E-state index is -0.216. The molecule has 1 unspecified atom stereocenters. The molecule has 1 fully saturated rings. The fourth-order valence-corrected chi connectivity index (χ4v) is 2.76. The van der Waals surface area contributed by atoms with E-state index in [1.165, 1.54) is 0 Å². The topological polar surface area (TPSA) is 78.1 Å². The van der Waals surface area contributed by atoms with E-state index in [1.54, 1.807) is 18.2 Å². The first-order valence-electron chi connectivity index (χ1n) is 6.71. The van der Waals surface area contributed by atoms with Crippen molar-refractivity contribution in [1.82, 2.24) is 20.2 Å². The number of hydrogen-bond donors (Lipinski definition) is 2. The van der Waals surface area contributed by atoms with Crippen LogP contribution in [0.1, 0.15) is 12.7 Å². The summed E-state index contributed by atoms with van der Waals surface area (Å²) in [5.74, 6) is 0.542. The van der Waals surface area contributed by atoms with Gasteiger partial charge in [0, 0.05) is 17.6 Å². The van der Waals surface area contributed by atoms with Gasteiger partial charge in [-0.15, -0.1) is 0 Å². The van der Waals surface area contributed by atoms with E-state index in [9.17, 15) is 9.59 Å². The molecule has 21 heavy (non-hydrogen) atoms. The van der Waals surface area contributed by atoms with E-state index in [-0.39, 0.29) is 17.5 Å². The largest absolute Gasteiger partial charge is 0.351 e. The highest BCUT2D eigenvalue weighted by Gasteiger charge is 2.22. The van der Waals surface area contributed by atoms with Gasteiger partial charge in [0.2, 0.25) is 5.91 Å². The average molecular weight is 307 g/mol. The fourth-order valence-electron chi connectivity index (χ4n) is 2.59. The molecule has 0 saturated carbocycles. The number of carbonyl (C=O) groups excluding carboxylic acids is 1. The lowest BCUT2D eigenvalue weighted by Gasteiger charge is -2.30. The summed E-state index contributed by atoms with van der Waals surface area (Å²) in [7, 11) is 0. The van der Waals surface area contributed by atoms with Crippen LogP contribution in [0, 0.1) is 0 Å². The van der Waals surface area contributed by atoms with Gasteiger partial charge >= 0.3 is 0 Å². The first-order valence-corrected chi connectivity index (χ1v) is 7.09. The summed E-state index contributed by atoms with van der Waals surface area (Å²) >= 11 is 5.88. The Bertz CT molecular complexity index is 758. The normalized spacial score (nSPS) is 19.7. The molecule has 7 heteroatoms. The Morgan fingerprint density at radius 3 is 3.00 bits per heavy atom. The van der Waals surface area contributed by atoms with Crippen LogP contribution >= 0.6 is 11.6 Å². The summed E-state index contributed by atoms with van der Waals surface area (Å²) in [4.78, 5) is 32.8. The van der Waals surface area contributed by atoms with Crippen molar-refractivity contribution in [1.29, 1.82) is 0 Å². The predicted molar refractivity (Wildman–Crippen MR) is 80.3 cm³/mol. The van der Waals surface area contributed by atoms with Gasteiger partial charge in [0.1, 0.15) is 5.82 Å². The van der Waals surface area contributed by atoms with Crippen molar-refractivity contribution < 1.29 is 4.79 Å². The summed E-state index contributed by atoms with van der Waals surface area (Å²) in [6.45, 7) is 3.43. The van der Waals surface area contributed by atoms with Gasteiger partial charge in [-0.25, -0.2) is 4.98 Å². The molecule has 0 bridgehead atoms. The molecule has 0 radical (unpaired) electrons. The molecule has 1 aliphatic rings. The Labute approximate surface area is 126 Å². The van der Waals surface area contributed by atoms with Gasteiger partial charge in [0.25, 0.3) is 5.56 Å². The zero-order valence-corrected chi connectivity index (χ0v) is 12.3. The number of benzene rings is 1. The molecule has 1 aliphatic heterocycles. The summed E-state index contributed by atoms with van der Waals surface area (Å²) in [5, 5.41) is 3.83. The third-order valence-electron chi connectivity index (χ3n) is 3.40. The molecular weight excluding hydrogens is 292 g/mol. The Morgan fingerprint density at radius 2 is 2.24 bits per heavy atom. The summed E-state index contributed by atoms with van der Waals surface area (Å²) in [5.41, 5.74) is 0.389. The van der Waals surface area contributed by atoms with Gasteiger partial charge in [-0.3, -0.25) is 14.5 Å². The van der Waals surface area contributed by atoms with E-state index >= 15 is 0 Å². The monoisotopic (exact) mass is 306 g/mol. The van der Waals surface area contributed by atoms with Crippen LogP contribution in [-0.2, 0) is 11.3 Å². The summed E-state index contributed by atoms with van der Waals surface area (Å²) < 4.78 is 0. The molecule has 0 aliphatic carbocycles. The molecule has 2 heterocycles. The molecule has 3 rings (SSSR count). The number of nitrogens with one attached hydrogen (secondary N) is 2. The maximum Gasteiger partial charge on any atom is 0.258 e. The second-order valence-electron chi connectivity index (χ2n) is 5.31. The van der Waals surface area contributed by atoms with Crippen molar-refractivity contribution in [2.45, 2.75) is 19.5 Å². The number of rotatable bonds is 2. The highest BCUT2D eigenvalue weighted by Crippen LogP contribution is 2.15. The van der Waals surface area contributed by atoms with Crippen LogP contribution in [0.3, 0.4) is 0 Å². The third-order valence-corrected chi connectivity index (χ3v) is 3.63. The zero-order valence-electron chi connectivity index (χ0n) is 11.5. The highest BCUT2D eigenvalue weighted by molar-refractivity contribution is 6.31. The smallest absolute Gasteiger partial charge is 0.258 e. The number of H-pyrrole nitrogens is 1. The number of carbonyl (C=O) groups is 1. The molecule has 2 N–H and O–H groups in total. The Balaban J connectivity index is 1.89. The van der Waals surface area contributed by atoms with Crippen LogP contribution in [0.4, 0.5) is 0 Å². The molecule has 1 amide bonds. The Morgan fingerprint density at radius 1 is 1.43 bits per heavy atom. The number of amides is 1. The van der Waals surface area contributed by atoms with Crippen molar-refractivity contribution in [2.24, 2.45) is 0 Å². The van der Waals surface area contributed by atoms with Crippen LogP contribution in [0.25, 0.3) is 10.9 Å². The highest BCUT2D eigenvalue weighted by atomic mass is 35.5. The van der Waals surface area contributed by atoms with Gasteiger partial charge in [0.15, 0.2) is 0 Å². The maximum absolute atomic E-state index is 12.1. The number of hydrogen-bond acceptors (Lipinski definition) is 4. The van der Waals surface area contributed by atoms with E-state index in [0.717, 1.165) is 6.54 Å².